The van der Waals surface area contributed by atoms with Crippen LogP contribution in [-0.2, 0) is 5.75 Å². The molecule has 1 N–H and O–H groups in total. The minimum atomic E-state index is -0.0840. The van der Waals surface area contributed by atoms with Crippen LogP contribution in [0.4, 0.5) is 5.69 Å². The molecule has 0 unspecified atom stereocenters. The molecule has 3 rings (SSSR count). The largest absolute Gasteiger partial charge is 0.322 e. The van der Waals surface area contributed by atoms with Crippen molar-refractivity contribution in [1.29, 1.82) is 0 Å². The summed E-state index contributed by atoms with van der Waals surface area (Å²) in [6, 6.07) is 21.6. The number of aryl methyl sites for hydroxylation is 2. The minimum Gasteiger partial charge on any atom is -0.322 e. The molecule has 2 nitrogen and oxygen atoms in total. The number of amides is 1. The molecule has 0 fully saturated rings. The zero-order valence-electron chi connectivity index (χ0n) is 14.8. The summed E-state index contributed by atoms with van der Waals surface area (Å²) in [6.07, 6.45) is 0. The first kappa shape index (κ1) is 18.6. The molecule has 4 heteroatoms. The molecule has 0 aliphatic rings. The fourth-order valence-corrected chi connectivity index (χ4v) is 3.63. The molecule has 0 aliphatic heterocycles. The molecular weight excluding hydrogens is 362 g/mol. The van der Waals surface area contributed by atoms with Crippen LogP contribution in [0, 0.1) is 13.8 Å². The summed E-state index contributed by atoms with van der Waals surface area (Å²) in [5.74, 6) is 0.764. The van der Waals surface area contributed by atoms with Gasteiger partial charge in [-0.2, -0.15) is 0 Å². The van der Waals surface area contributed by atoms with E-state index in [2.05, 4.69) is 5.32 Å². The highest BCUT2D eigenvalue weighted by Crippen LogP contribution is 2.25. The number of carbonyl (C=O) groups is 1. The van der Waals surface area contributed by atoms with Crippen molar-refractivity contribution in [2.45, 2.75) is 24.5 Å². The van der Waals surface area contributed by atoms with Crippen LogP contribution < -0.4 is 5.32 Å². The van der Waals surface area contributed by atoms with Crippen LogP contribution in [0.15, 0.2) is 71.6 Å². The lowest BCUT2D eigenvalue weighted by atomic mass is 10.1. The monoisotopic (exact) mass is 381 g/mol. The van der Waals surface area contributed by atoms with Crippen molar-refractivity contribution in [3.63, 3.8) is 0 Å². The normalized spacial score (nSPS) is 10.6. The second kappa shape index (κ2) is 8.43. The summed E-state index contributed by atoms with van der Waals surface area (Å²) in [5.41, 5.74) is 4.85. The molecule has 0 atom stereocenters. The molecule has 1 amide bonds. The second-order valence-electron chi connectivity index (χ2n) is 6.16. The summed E-state index contributed by atoms with van der Waals surface area (Å²) in [7, 11) is 0. The standard InChI is InChI=1S/C22H20ClNOS/c1-15-4-3-5-16(2)21(15)24-22(25)18-8-6-17(7-9-18)14-26-20-12-10-19(23)11-13-20/h3-13H,14H2,1-2H3,(H,24,25). The van der Waals surface area contributed by atoms with Gasteiger partial charge in [-0.3, -0.25) is 4.79 Å². The van der Waals surface area contributed by atoms with E-state index >= 15 is 0 Å². The van der Waals surface area contributed by atoms with Gasteiger partial charge in [0.25, 0.3) is 5.91 Å². The maximum Gasteiger partial charge on any atom is 0.255 e. The van der Waals surface area contributed by atoms with Crippen molar-refractivity contribution in [2.75, 3.05) is 5.32 Å². The van der Waals surface area contributed by atoms with Crippen LogP contribution in [0.2, 0.25) is 5.02 Å². The van der Waals surface area contributed by atoms with E-state index in [1.165, 1.54) is 10.5 Å². The molecule has 0 aromatic heterocycles. The fraction of sp³-hybridized carbons (Fsp3) is 0.136. The number of anilines is 1. The Labute approximate surface area is 163 Å². The molecule has 0 saturated carbocycles. The highest BCUT2D eigenvalue weighted by atomic mass is 35.5. The maximum absolute atomic E-state index is 12.5. The van der Waals surface area contributed by atoms with E-state index in [1.807, 2.05) is 80.6 Å². The molecule has 0 spiro atoms. The van der Waals surface area contributed by atoms with Gasteiger partial charge in [-0.1, -0.05) is 41.9 Å². The fourth-order valence-electron chi connectivity index (χ4n) is 2.65. The Morgan fingerprint density at radius 3 is 2.15 bits per heavy atom. The number of carbonyl (C=O) groups excluding carboxylic acids is 1. The quantitative estimate of drug-likeness (QED) is 0.511. The molecule has 26 heavy (non-hydrogen) atoms. The summed E-state index contributed by atoms with van der Waals surface area (Å²) in [4.78, 5) is 13.7. The van der Waals surface area contributed by atoms with E-state index in [1.54, 1.807) is 11.8 Å². The summed E-state index contributed by atoms with van der Waals surface area (Å²) in [6.45, 7) is 4.00. The van der Waals surface area contributed by atoms with Crippen molar-refractivity contribution in [3.05, 3.63) is 94.0 Å². The number of halogens is 1. The van der Waals surface area contributed by atoms with Crippen molar-refractivity contribution in [2.24, 2.45) is 0 Å². The van der Waals surface area contributed by atoms with Gasteiger partial charge in [-0.25, -0.2) is 0 Å². The maximum atomic E-state index is 12.5. The Bertz CT molecular complexity index is 884. The van der Waals surface area contributed by atoms with Crippen LogP contribution in [0.3, 0.4) is 0 Å². The lowest BCUT2D eigenvalue weighted by molar-refractivity contribution is 0.102. The lowest BCUT2D eigenvalue weighted by Gasteiger charge is -2.11. The highest BCUT2D eigenvalue weighted by Gasteiger charge is 2.09. The third kappa shape index (κ3) is 4.69. The number of thioether (sulfide) groups is 1. The predicted octanol–water partition coefficient (Wildman–Crippen LogP) is 6.50. The van der Waals surface area contributed by atoms with Gasteiger partial charge < -0.3 is 5.32 Å². The highest BCUT2D eigenvalue weighted by molar-refractivity contribution is 7.98. The third-order valence-corrected chi connectivity index (χ3v) is 5.49. The first-order valence-corrected chi connectivity index (χ1v) is 9.74. The molecule has 0 aliphatic carbocycles. The van der Waals surface area contributed by atoms with Crippen molar-refractivity contribution in [3.8, 4) is 0 Å². The Hall–Kier alpha value is -2.23. The number of para-hydroxylation sites is 1. The van der Waals surface area contributed by atoms with Gasteiger partial charge in [0.15, 0.2) is 0 Å². The molecule has 3 aromatic rings. The summed E-state index contributed by atoms with van der Waals surface area (Å²) in [5, 5.41) is 3.76. The average molecular weight is 382 g/mol. The van der Waals surface area contributed by atoms with Crippen LogP contribution in [0.1, 0.15) is 27.0 Å². The molecule has 0 radical (unpaired) electrons. The van der Waals surface area contributed by atoms with Crippen molar-refractivity contribution < 1.29 is 4.79 Å². The summed E-state index contributed by atoms with van der Waals surface area (Å²) >= 11 is 7.65. The van der Waals surface area contributed by atoms with E-state index in [0.717, 1.165) is 27.6 Å². The van der Waals surface area contributed by atoms with E-state index in [0.29, 0.717) is 5.56 Å². The third-order valence-electron chi connectivity index (χ3n) is 4.15. The van der Waals surface area contributed by atoms with Crippen LogP contribution >= 0.6 is 23.4 Å². The zero-order valence-corrected chi connectivity index (χ0v) is 16.3. The molecule has 132 valence electrons. The van der Waals surface area contributed by atoms with Gasteiger partial charge in [0.1, 0.15) is 0 Å². The number of nitrogens with one attached hydrogen (secondary N) is 1. The van der Waals surface area contributed by atoms with E-state index in [9.17, 15) is 4.79 Å². The SMILES string of the molecule is Cc1cccc(C)c1NC(=O)c1ccc(CSc2ccc(Cl)cc2)cc1. The van der Waals surface area contributed by atoms with E-state index in [-0.39, 0.29) is 5.91 Å². The van der Waals surface area contributed by atoms with Crippen molar-refractivity contribution >= 4 is 35.0 Å². The van der Waals surface area contributed by atoms with Gasteiger partial charge in [-0.15, -0.1) is 11.8 Å². The van der Waals surface area contributed by atoms with Crippen molar-refractivity contribution in [1.82, 2.24) is 0 Å². The summed E-state index contributed by atoms with van der Waals surface area (Å²) < 4.78 is 0. The Morgan fingerprint density at radius 1 is 0.923 bits per heavy atom. The average Bonchev–Trinajstić information content (AvgIpc) is 2.65. The zero-order chi connectivity index (χ0) is 18.5. The first-order chi connectivity index (χ1) is 12.5. The van der Waals surface area contributed by atoms with Gasteiger partial charge in [0, 0.05) is 26.9 Å². The number of hydrogen-bond donors (Lipinski definition) is 1. The Morgan fingerprint density at radius 2 is 1.54 bits per heavy atom. The topological polar surface area (TPSA) is 29.1 Å². The number of rotatable bonds is 5. The van der Waals surface area contributed by atoms with Gasteiger partial charge in [0.05, 0.1) is 0 Å². The van der Waals surface area contributed by atoms with E-state index in [4.69, 9.17) is 11.6 Å². The first-order valence-electron chi connectivity index (χ1n) is 8.38. The van der Waals surface area contributed by atoms with Gasteiger partial charge in [-0.05, 0) is 66.9 Å². The van der Waals surface area contributed by atoms with Crippen LogP contribution in [-0.4, -0.2) is 5.91 Å². The van der Waals surface area contributed by atoms with E-state index < -0.39 is 0 Å². The molecule has 0 heterocycles. The molecule has 0 saturated heterocycles. The lowest BCUT2D eigenvalue weighted by Crippen LogP contribution is -2.13. The van der Waals surface area contributed by atoms with Gasteiger partial charge in [0.2, 0.25) is 0 Å². The van der Waals surface area contributed by atoms with Crippen LogP contribution in [0.25, 0.3) is 0 Å². The Kier molecular flexibility index (Phi) is 6.02. The Balaban J connectivity index is 1.63. The second-order valence-corrected chi connectivity index (χ2v) is 7.65. The van der Waals surface area contributed by atoms with Gasteiger partial charge >= 0.3 is 0 Å². The smallest absolute Gasteiger partial charge is 0.255 e. The molecule has 0 bridgehead atoms. The molecule has 3 aromatic carbocycles. The predicted molar refractivity (Wildman–Crippen MR) is 111 cm³/mol. The molecular formula is C22H20ClNOS. The minimum absolute atomic E-state index is 0.0840. The van der Waals surface area contributed by atoms with Crippen LogP contribution in [0.5, 0.6) is 0 Å². The number of benzene rings is 3. The number of hydrogen-bond acceptors (Lipinski definition) is 2.